The minimum atomic E-state index is 0.505. The average molecular weight is 340 g/mol. The van der Waals surface area contributed by atoms with Crippen LogP contribution in [0.25, 0.3) is 0 Å². The topological polar surface area (TPSA) is 52.6 Å². The van der Waals surface area contributed by atoms with Gasteiger partial charge in [-0.05, 0) is 46.2 Å². The van der Waals surface area contributed by atoms with Gasteiger partial charge in [0.25, 0.3) is 0 Å². The molecule has 0 aliphatic rings. The molecule has 1 rings (SSSR count). The normalized spacial score (nSPS) is 12.3. The molecule has 0 unspecified atom stereocenters. The van der Waals surface area contributed by atoms with Gasteiger partial charge < -0.3 is 10.6 Å². The van der Waals surface area contributed by atoms with E-state index in [2.05, 4.69) is 60.1 Å². The maximum Gasteiger partial charge on any atom is 0.191 e. The first-order valence-corrected chi connectivity index (χ1v) is 8.70. The first-order valence-electron chi connectivity index (χ1n) is 8.32. The van der Waals surface area contributed by atoms with Crippen LogP contribution in [0.5, 0.6) is 0 Å². The number of pyridine rings is 1. The lowest BCUT2D eigenvalue weighted by Crippen LogP contribution is -2.45. The first kappa shape index (κ1) is 19.7. The number of nitrogens with zero attached hydrogens (tertiary/aromatic N) is 3. The van der Waals surface area contributed by atoms with Gasteiger partial charge in [-0.25, -0.2) is 9.98 Å². The molecule has 1 aromatic rings. The molecule has 0 atom stereocenters. The molecule has 0 amide bonds. The first-order chi connectivity index (χ1) is 10.9. The molecule has 23 heavy (non-hydrogen) atoms. The third-order valence-electron chi connectivity index (χ3n) is 3.54. The predicted molar refractivity (Wildman–Crippen MR) is 99.0 cm³/mol. The van der Waals surface area contributed by atoms with Crippen molar-refractivity contribution in [2.75, 3.05) is 19.6 Å². The molecule has 0 aliphatic carbocycles. The highest BCUT2D eigenvalue weighted by Gasteiger charge is 2.12. The third kappa shape index (κ3) is 7.66. The molecule has 0 aliphatic heterocycles. The number of guanidine groups is 1. The second-order valence-corrected chi connectivity index (χ2v) is 6.42. The van der Waals surface area contributed by atoms with E-state index in [4.69, 9.17) is 11.6 Å². The van der Waals surface area contributed by atoms with E-state index in [-0.39, 0.29) is 0 Å². The Morgan fingerprint density at radius 3 is 2.43 bits per heavy atom. The molecular formula is C17H30ClN5. The average Bonchev–Trinajstić information content (AvgIpc) is 2.49. The van der Waals surface area contributed by atoms with E-state index in [1.165, 1.54) is 0 Å². The number of rotatable bonds is 8. The number of aromatic nitrogens is 1. The number of hydrogen-bond acceptors (Lipinski definition) is 3. The fraction of sp³-hybridized carbons (Fsp3) is 0.647. The second-order valence-electron chi connectivity index (χ2n) is 6.04. The van der Waals surface area contributed by atoms with Gasteiger partial charge in [-0.2, -0.15) is 0 Å². The Labute approximate surface area is 145 Å². The highest BCUT2D eigenvalue weighted by molar-refractivity contribution is 6.29. The van der Waals surface area contributed by atoms with E-state index in [0.717, 1.165) is 31.2 Å². The van der Waals surface area contributed by atoms with Gasteiger partial charge in [0.1, 0.15) is 5.15 Å². The fourth-order valence-corrected chi connectivity index (χ4v) is 2.54. The van der Waals surface area contributed by atoms with Crippen molar-refractivity contribution in [2.45, 2.75) is 53.2 Å². The molecule has 1 aromatic heterocycles. The van der Waals surface area contributed by atoms with Gasteiger partial charge in [-0.1, -0.05) is 17.7 Å². The Kier molecular flexibility index (Phi) is 8.95. The van der Waals surface area contributed by atoms with Gasteiger partial charge >= 0.3 is 0 Å². The summed E-state index contributed by atoms with van der Waals surface area (Å²) in [5.74, 6) is 0.829. The third-order valence-corrected chi connectivity index (χ3v) is 3.77. The van der Waals surface area contributed by atoms with Crippen LogP contribution in [0, 0.1) is 0 Å². The van der Waals surface area contributed by atoms with Crippen molar-refractivity contribution in [1.29, 1.82) is 0 Å². The SMILES string of the molecule is CCNC(=NCc1ccc(Cl)nc1)NCCN(C(C)C)C(C)C. The second kappa shape index (κ2) is 10.4. The molecule has 1 heterocycles. The van der Waals surface area contributed by atoms with Crippen LogP contribution >= 0.6 is 11.6 Å². The summed E-state index contributed by atoms with van der Waals surface area (Å²) < 4.78 is 0. The van der Waals surface area contributed by atoms with Crippen LogP contribution in [0.15, 0.2) is 23.3 Å². The van der Waals surface area contributed by atoms with E-state index in [1.54, 1.807) is 12.3 Å². The highest BCUT2D eigenvalue weighted by atomic mass is 35.5. The Bertz CT molecular complexity index is 462. The molecule has 0 aromatic carbocycles. The molecule has 5 nitrogen and oxygen atoms in total. The fourth-order valence-electron chi connectivity index (χ4n) is 2.43. The van der Waals surface area contributed by atoms with Crippen molar-refractivity contribution in [3.8, 4) is 0 Å². The lowest BCUT2D eigenvalue weighted by Gasteiger charge is -2.30. The Balaban J connectivity index is 2.53. The van der Waals surface area contributed by atoms with E-state index < -0.39 is 0 Å². The Morgan fingerprint density at radius 2 is 1.91 bits per heavy atom. The van der Waals surface area contributed by atoms with Crippen LogP contribution in [0.2, 0.25) is 5.15 Å². The number of nitrogens with one attached hydrogen (secondary N) is 2. The largest absolute Gasteiger partial charge is 0.357 e. The van der Waals surface area contributed by atoms with Crippen LogP contribution in [0.1, 0.15) is 40.2 Å². The van der Waals surface area contributed by atoms with Gasteiger partial charge in [0, 0.05) is 37.9 Å². The molecule has 130 valence electrons. The Hall–Kier alpha value is -1.33. The van der Waals surface area contributed by atoms with Crippen molar-refractivity contribution in [1.82, 2.24) is 20.5 Å². The molecule has 0 saturated carbocycles. The van der Waals surface area contributed by atoms with Crippen LogP contribution in [-0.2, 0) is 6.54 Å². The lowest BCUT2D eigenvalue weighted by atomic mass is 10.2. The minimum Gasteiger partial charge on any atom is -0.357 e. The van der Waals surface area contributed by atoms with E-state index in [1.807, 2.05) is 6.07 Å². The quantitative estimate of drug-likeness (QED) is 0.434. The Morgan fingerprint density at radius 1 is 1.22 bits per heavy atom. The summed E-state index contributed by atoms with van der Waals surface area (Å²) >= 11 is 5.80. The number of hydrogen-bond donors (Lipinski definition) is 2. The van der Waals surface area contributed by atoms with Crippen LogP contribution in [0.4, 0.5) is 0 Å². The zero-order valence-electron chi connectivity index (χ0n) is 14.9. The van der Waals surface area contributed by atoms with Crippen LogP contribution in [0.3, 0.4) is 0 Å². The summed E-state index contributed by atoms with van der Waals surface area (Å²) in [4.78, 5) is 11.1. The van der Waals surface area contributed by atoms with Crippen molar-refractivity contribution in [3.63, 3.8) is 0 Å². The minimum absolute atomic E-state index is 0.505. The summed E-state index contributed by atoms with van der Waals surface area (Å²) in [5, 5.41) is 7.17. The molecule has 0 saturated heterocycles. The summed E-state index contributed by atoms with van der Waals surface area (Å²) in [6.07, 6.45) is 1.76. The van der Waals surface area contributed by atoms with Gasteiger partial charge in [-0.15, -0.1) is 0 Å². The predicted octanol–water partition coefficient (Wildman–Crippen LogP) is 2.91. The number of halogens is 1. The molecule has 0 fully saturated rings. The van der Waals surface area contributed by atoms with E-state index >= 15 is 0 Å². The van der Waals surface area contributed by atoms with E-state index in [9.17, 15) is 0 Å². The monoisotopic (exact) mass is 339 g/mol. The standard InChI is InChI=1S/C17H30ClN5/c1-6-19-17(20-9-10-23(13(2)3)14(4)5)22-12-15-7-8-16(18)21-11-15/h7-8,11,13-14H,6,9-10,12H2,1-5H3,(H2,19,20,22). The molecule has 0 bridgehead atoms. The smallest absolute Gasteiger partial charge is 0.191 e. The maximum atomic E-state index is 5.80. The van der Waals surface area contributed by atoms with Crippen molar-refractivity contribution >= 4 is 17.6 Å². The highest BCUT2D eigenvalue weighted by Crippen LogP contribution is 2.06. The summed E-state index contributed by atoms with van der Waals surface area (Å²) in [5.41, 5.74) is 1.04. The van der Waals surface area contributed by atoms with E-state index in [0.29, 0.717) is 23.8 Å². The molecule has 6 heteroatoms. The maximum absolute atomic E-state index is 5.80. The zero-order valence-corrected chi connectivity index (χ0v) is 15.7. The summed E-state index contributed by atoms with van der Waals surface area (Å²) in [6, 6.07) is 4.81. The zero-order chi connectivity index (χ0) is 17.2. The van der Waals surface area contributed by atoms with Crippen molar-refractivity contribution in [2.24, 2.45) is 4.99 Å². The molecular weight excluding hydrogens is 310 g/mol. The summed E-state index contributed by atoms with van der Waals surface area (Å²) in [7, 11) is 0. The van der Waals surface area contributed by atoms with Gasteiger partial charge in [-0.3, -0.25) is 4.90 Å². The molecule has 2 N–H and O–H groups in total. The van der Waals surface area contributed by atoms with Gasteiger partial charge in [0.15, 0.2) is 5.96 Å². The van der Waals surface area contributed by atoms with Gasteiger partial charge in [0.2, 0.25) is 0 Å². The number of aliphatic imine (C=N–C) groups is 1. The van der Waals surface area contributed by atoms with Crippen LogP contribution in [-0.4, -0.2) is 47.6 Å². The van der Waals surface area contributed by atoms with Crippen molar-refractivity contribution < 1.29 is 0 Å². The molecule has 0 radical (unpaired) electrons. The summed E-state index contributed by atoms with van der Waals surface area (Å²) in [6.45, 7) is 14.2. The lowest BCUT2D eigenvalue weighted by molar-refractivity contribution is 0.178. The van der Waals surface area contributed by atoms with Crippen LogP contribution < -0.4 is 10.6 Å². The van der Waals surface area contributed by atoms with Crippen molar-refractivity contribution in [3.05, 3.63) is 29.0 Å². The van der Waals surface area contributed by atoms with Gasteiger partial charge in [0.05, 0.1) is 6.54 Å². The molecule has 0 spiro atoms.